The molecule has 0 radical (unpaired) electrons. The molecule has 0 spiro atoms. The maximum atomic E-state index is 12.1. The minimum absolute atomic E-state index is 0.189. The largest absolute Gasteiger partial charge is 0.347 e. The molecule has 100 valence electrons. The Morgan fingerprint density at radius 1 is 1.42 bits per heavy atom. The van der Waals surface area contributed by atoms with E-state index in [0.717, 1.165) is 11.4 Å². The Labute approximate surface area is 111 Å². The molecule has 1 amide bonds. The quantitative estimate of drug-likeness (QED) is 0.901. The van der Waals surface area contributed by atoms with Crippen LogP contribution in [-0.4, -0.2) is 31.5 Å². The van der Waals surface area contributed by atoms with Crippen molar-refractivity contribution in [1.82, 2.24) is 24.9 Å². The molecule has 0 aliphatic heterocycles. The number of carbonyl (C=O) groups excluding carboxylic acids is 1. The molecule has 1 aliphatic rings. The second-order valence-electron chi connectivity index (χ2n) is 5.29. The molecule has 6 nitrogen and oxygen atoms in total. The molecule has 0 aromatic carbocycles. The Kier molecular flexibility index (Phi) is 2.73. The molecular formula is C13H17N5O. The van der Waals surface area contributed by atoms with Gasteiger partial charge in [0.05, 0.1) is 0 Å². The number of carbonyl (C=O) groups is 1. The highest BCUT2D eigenvalue weighted by atomic mass is 16.2. The topological polar surface area (TPSA) is 72.2 Å². The Hall–Kier alpha value is -1.98. The van der Waals surface area contributed by atoms with Crippen molar-refractivity contribution in [2.24, 2.45) is 5.92 Å². The van der Waals surface area contributed by atoms with E-state index < -0.39 is 0 Å². The van der Waals surface area contributed by atoms with Gasteiger partial charge >= 0.3 is 0 Å². The summed E-state index contributed by atoms with van der Waals surface area (Å²) in [4.78, 5) is 20.5. The van der Waals surface area contributed by atoms with E-state index in [4.69, 9.17) is 0 Å². The van der Waals surface area contributed by atoms with E-state index in [1.807, 2.05) is 26.8 Å². The fourth-order valence-electron chi connectivity index (χ4n) is 2.25. The number of hydrogen-bond donors (Lipinski definition) is 1. The molecule has 0 unspecified atom stereocenters. The van der Waals surface area contributed by atoms with Gasteiger partial charge in [-0.15, -0.1) is 5.10 Å². The van der Waals surface area contributed by atoms with Gasteiger partial charge in [-0.3, -0.25) is 4.79 Å². The summed E-state index contributed by atoms with van der Waals surface area (Å²) >= 11 is 0. The monoisotopic (exact) mass is 259 g/mol. The highest BCUT2D eigenvalue weighted by molar-refractivity contribution is 5.91. The first-order valence-electron chi connectivity index (χ1n) is 6.56. The number of amides is 1. The van der Waals surface area contributed by atoms with Crippen molar-refractivity contribution in [3.63, 3.8) is 0 Å². The second-order valence-corrected chi connectivity index (χ2v) is 5.29. The average molecular weight is 259 g/mol. The molecule has 0 saturated heterocycles. The number of fused-ring (bicyclic) bond motifs is 1. The molecule has 2 aromatic heterocycles. The first kappa shape index (κ1) is 12.1. The van der Waals surface area contributed by atoms with Gasteiger partial charge in [-0.1, -0.05) is 0 Å². The first-order valence-corrected chi connectivity index (χ1v) is 6.56. The van der Waals surface area contributed by atoms with Gasteiger partial charge in [0.2, 0.25) is 5.82 Å². The van der Waals surface area contributed by atoms with E-state index in [1.165, 1.54) is 12.8 Å². The van der Waals surface area contributed by atoms with Crippen LogP contribution < -0.4 is 5.32 Å². The first-order chi connectivity index (χ1) is 9.04. The lowest BCUT2D eigenvalue weighted by Crippen LogP contribution is -2.34. The molecule has 19 heavy (non-hydrogen) atoms. The summed E-state index contributed by atoms with van der Waals surface area (Å²) in [7, 11) is 0. The lowest BCUT2D eigenvalue weighted by atomic mass is 10.2. The predicted molar refractivity (Wildman–Crippen MR) is 69.9 cm³/mol. The Balaban J connectivity index is 1.88. The van der Waals surface area contributed by atoms with Crippen LogP contribution in [0.25, 0.3) is 5.78 Å². The molecule has 1 fully saturated rings. The van der Waals surface area contributed by atoms with Crippen LogP contribution in [0.4, 0.5) is 0 Å². The Bertz CT molecular complexity index is 644. The summed E-state index contributed by atoms with van der Waals surface area (Å²) in [5.41, 5.74) is 1.79. The van der Waals surface area contributed by atoms with Crippen LogP contribution in [0.3, 0.4) is 0 Å². The molecule has 0 bridgehead atoms. The summed E-state index contributed by atoms with van der Waals surface area (Å²) in [5, 5.41) is 7.17. The molecule has 2 heterocycles. The number of rotatable bonds is 3. The summed E-state index contributed by atoms with van der Waals surface area (Å²) in [5.74, 6) is 1.06. The molecule has 1 aliphatic carbocycles. The highest BCUT2D eigenvalue weighted by Crippen LogP contribution is 2.32. The fraction of sp³-hybridized carbons (Fsp3) is 0.538. The molecule has 1 N–H and O–H groups in total. The van der Waals surface area contributed by atoms with Crippen LogP contribution in [0.2, 0.25) is 0 Å². The summed E-state index contributed by atoms with van der Waals surface area (Å²) in [6.45, 7) is 5.85. The van der Waals surface area contributed by atoms with Gasteiger partial charge in [0.1, 0.15) is 0 Å². The van der Waals surface area contributed by atoms with E-state index in [9.17, 15) is 4.79 Å². The Morgan fingerprint density at radius 2 is 2.16 bits per heavy atom. The number of nitrogens with one attached hydrogen (secondary N) is 1. The number of hydrogen-bond acceptors (Lipinski definition) is 4. The summed E-state index contributed by atoms with van der Waals surface area (Å²) in [6, 6.07) is 2.10. The van der Waals surface area contributed by atoms with Crippen molar-refractivity contribution < 1.29 is 4.79 Å². The van der Waals surface area contributed by atoms with Crippen LogP contribution in [0.5, 0.6) is 0 Å². The highest BCUT2D eigenvalue weighted by Gasteiger charge is 2.30. The zero-order valence-corrected chi connectivity index (χ0v) is 11.3. The summed E-state index contributed by atoms with van der Waals surface area (Å²) < 4.78 is 1.60. The maximum absolute atomic E-state index is 12.1. The van der Waals surface area contributed by atoms with Crippen molar-refractivity contribution in [2.75, 3.05) is 0 Å². The van der Waals surface area contributed by atoms with Crippen molar-refractivity contribution in [1.29, 1.82) is 0 Å². The second kappa shape index (κ2) is 4.29. The lowest BCUT2D eigenvalue weighted by molar-refractivity contribution is 0.0925. The van der Waals surface area contributed by atoms with Crippen LogP contribution >= 0.6 is 0 Å². The van der Waals surface area contributed by atoms with E-state index in [2.05, 4.69) is 20.4 Å². The van der Waals surface area contributed by atoms with Crippen LogP contribution in [-0.2, 0) is 0 Å². The normalized spacial score (nSPS) is 16.6. The third-order valence-corrected chi connectivity index (χ3v) is 3.51. The van der Waals surface area contributed by atoms with Gasteiger partial charge in [0.15, 0.2) is 0 Å². The van der Waals surface area contributed by atoms with Gasteiger partial charge in [-0.05, 0) is 45.6 Å². The van der Waals surface area contributed by atoms with Crippen molar-refractivity contribution in [3.8, 4) is 0 Å². The smallest absolute Gasteiger partial charge is 0.291 e. The third-order valence-electron chi connectivity index (χ3n) is 3.51. The summed E-state index contributed by atoms with van der Waals surface area (Å²) in [6.07, 6.45) is 2.39. The van der Waals surface area contributed by atoms with Crippen LogP contribution in [0.15, 0.2) is 6.07 Å². The third kappa shape index (κ3) is 2.30. The average Bonchev–Trinajstić information content (AvgIpc) is 3.09. The van der Waals surface area contributed by atoms with Crippen LogP contribution in [0.1, 0.15) is 41.8 Å². The van der Waals surface area contributed by atoms with Gasteiger partial charge in [-0.25, -0.2) is 9.50 Å². The van der Waals surface area contributed by atoms with Gasteiger partial charge in [-0.2, -0.15) is 4.98 Å². The number of aromatic nitrogens is 4. The maximum Gasteiger partial charge on any atom is 0.291 e. The van der Waals surface area contributed by atoms with E-state index in [0.29, 0.717) is 11.7 Å². The van der Waals surface area contributed by atoms with Gasteiger partial charge < -0.3 is 5.32 Å². The van der Waals surface area contributed by atoms with E-state index >= 15 is 0 Å². The molecule has 2 aromatic rings. The number of nitrogens with zero attached hydrogens (tertiary/aromatic N) is 4. The van der Waals surface area contributed by atoms with Gasteiger partial charge in [0.25, 0.3) is 11.7 Å². The van der Waals surface area contributed by atoms with E-state index in [1.54, 1.807) is 4.52 Å². The minimum atomic E-state index is -0.220. The molecular weight excluding hydrogens is 242 g/mol. The van der Waals surface area contributed by atoms with Crippen LogP contribution in [0, 0.1) is 19.8 Å². The van der Waals surface area contributed by atoms with Crippen molar-refractivity contribution in [3.05, 3.63) is 23.3 Å². The zero-order valence-electron chi connectivity index (χ0n) is 11.3. The van der Waals surface area contributed by atoms with E-state index in [-0.39, 0.29) is 17.8 Å². The Morgan fingerprint density at radius 3 is 2.84 bits per heavy atom. The molecule has 1 saturated carbocycles. The lowest BCUT2D eigenvalue weighted by Gasteiger charge is -2.10. The SMILES string of the molecule is Cc1cc(C)n2nc(C(=O)N[C@@H](C)C3CC3)nc2n1. The zero-order chi connectivity index (χ0) is 13.6. The standard InChI is InChI=1S/C13H17N5O/c1-7-6-8(2)18-13(14-7)16-11(17-18)12(19)15-9(3)10-4-5-10/h6,9-10H,4-5H2,1-3H3,(H,15,19)/t9-/m0/s1. The fourth-order valence-corrected chi connectivity index (χ4v) is 2.25. The van der Waals surface area contributed by atoms with Gasteiger partial charge in [0, 0.05) is 17.4 Å². The van der Waals surface area contributed by atoms with Crippen molar-refractivity contribution >= 4 is 11.7 Å². The minimum Gasteiger partial charge on any atom is -0.347 e. The van der Waals surface area contributed by atoms with Crippen molar-refractivity contribution in [2.45, 2.75) is 39.7 Å². The molecule has 1 atom stereocenters. The predicted octanol–water partition coefficient (Wildman–Crippen LogP) is 1.27. The molecule has 6 heteroatoms. The number of aryl methyl sites for hydroxylation is 2. The molecule has 3 rings (SSSR count).